The van der Waals surface area contributed by atoms with Crippen molar-refractivity contribution in [2.75, 3.05) is 20.2 Å². The highest BCUT2D eigenvalue weighted by atomic mass is 16.5. The van der Waals surface area contributed by atoms with Gasteiger partial charge in [-0.2, -0.15) is 0 Å². The van der Waals surface area contributed by atoms with Crippen LogP contribution in [-0.2, 0) is 14.3 Å². The molecule has 7 heteroatoms. The molecule has 1 aliphatic carbocycles. The van der Waals surface area contributed by atoms with E-state index in [0.717, 1.165) is 0 Å². The van der Waals surface area contributed by atoms with E-state index in [2.05, 4.69) is 29.6 Å². The highest BCUT2D eigenvalue weighted by molar-refractivity contribution is 5.79. The van der Waals surface area contributed by atoms with Crippen molar-refractivity contribution in [1.29, 1.82) is 0 Å². The smallest absolute Gasteiger partial charge is 0.407 e. The third kappa shape index (κ3) is 6.12. The van der Waals surface area contributed by atoms with Gasteiger partial charge in [0.25, 0.3) is 0 Å². The Labute approximate surface area is 194 Å². The Morgan fingerprint density at radius 3 is 2.18 bits per heavy atom. The molecule has 2 atom stereocenters. The number of nitrogens with zero attached hydrogens (tertiary/aromatic N) is 1. The van der Waals surface area contributed by atoms with Crippen LogP contribution >= 0.6 is 0 Å². The molecule has 0 aliphatic heterocycles. The number of aliphatic carboxylic acids is 1. The van der Waals surface area contributed by atoms with Crippen molar-refractivity contribution < 1.29 is 24.2 Å². The minimum Gasteiger partial charge on any atom is -0.481 e. The fourth-order valence-electron chi connectivity index (χ4n) is 4.25. The highest BCUT2D eigenvalue weighted by Crippen LogP contribution is 2.44. The van der Waals surface area contributed by atoms with E-state index in [-0.39, 0.29) is 31.0 Å². The molecule has 0 fully saturated rings. The average molecular weight is 453 g/mol. The topological polar surface area (TPSA) is 95.9 Å². The van der Waals surface area contributed by atoms with Crippen LogP contribution in [-0.4, -0.2) is 54.2 Å². The Hall–Kier alpha value is -3.35. The molecule has 0 spiro atoms. The molecular weight excluding hydrogens is 420 g/mol. The molecule has 2 amide bonds. The second-order valence-corrected chi connectivity index (χ2v) is 8.78. The van der Waals surface area contributed by atoms with Crippen LogP contribution in [0.4, 0.5) is 4.79 Å². The lowest BCUT2D eigenvalue weighted by molar-refractivity contribution is -0.142. The van der Waals surface area contributed by atoms with Gasteiger partial charge in [-0.25, -0.2) is 4.79 Å². The van der Waals surface area contributed by atoms with Crippen molar-refractivity contribution in [2.45, 2.75) is 45.1 Å². The second kappa shape index (κ2) is 11.0. The maximum atomic E-state index is 12.4. The number of benzene rings is 2. The van der Waals surface area contributed by atoms with Gasteiger partial charge in [0.1, 0.15) is 6.61 Å². The number of hydrogen-bond acceptors (Lipinski definition) is 4. The van der Waals surface area contributed by atoms with Gasteiger partial charge in [0.15, 0.2) is 0 Å². The number of carboxylic acid groups (broad SMARTS) is 1. The highest BCUT2D eigenvalue weighted by Gasteiger charge is 2.29. The van der Waals surface area contributed by atoms with Crippen molar-refractivity contribution in [3.63, 3.8) is 0 Å². The van der Waals surface area contributed by atoms with Crippen molar-refractivity contribution in [1.82, 2.24) is 10.2 Å². The van der Waals surface area contributed by atoms with Crippen LogP contribution in [0.15, 0.2) is 48.5 Å². The number of alkyl carbamates (subject to hydrolysis) is 1. The predicted molar refractivity (Wildman–Crippen MR) is 126 cm³/mol. The van der Waals surface area contributed by atoms with Gasteiger partial charge in [0, 0.05) is 32.0 Å². The largest absolute Gasteiger partial charge is 0.481 e. The molecule has 33 heavy (non-hydrogen) atoms. The van der Waals surface area contributed by atoms with Gasteiger partial charge in [-0.3, -0.25) is 9.59 Å². The lowest BCUT2D eigenvalue weighted by Crippen LogP contribution is -2.35. The van der Waals surface area contributed by atoms with Crippen LogP contribution < -0.4 is 5.32 Å². The number of hydrogen-bond donors (Lipinski definition) is 2. The number of carbonyl (C=O) groups is 3. The zero-order valence-electron chi connectivity index (χ0n) is 19.4. The Balaban J connectivity index is 1.42. The minimum atomic E-state index is -0.921. The van der Waals surface area contributed by atoms with Crippen LogP contribution in [0.3, 0.4) is 0 Å². The fourth-order valence-corrected chi connectivity index (χ4v) is 4.25. The Morgan fingerprint density at radius 2 is 1.61 bits per heavy atom. The number of carboxylic acids is 1. The lowest BCUT2D eigenvalue weighted by Gasteiger charge is -2.20. The number of nitrogens with one attached hydrogen (secondary N) is 1. The first kappa shape index (κ1) is 24.3. The molecule has 1 aliphatic rings. The summed E-state index contributed by atoms with van der Waals surface area (Å²) in [6, 6.07) is 16.2. The number of amides is 2. The standard InChI is InChI=1S/C26H32N2O5/c1-17(25(30)31)15-28(3)24(29)14-8-9-18(2)27-26(32)33-16-23-21-12-6-4-10-19(21)20-11-5-7-13-22(20)23/h4-7,10-13,17-18,23H,8-9,14-16H2,1-3H3,(H,27,32)(H,30,31). The molecule has 3 rings (SSSR count). The Bertz CT molecular complexity index is 960. The first-order valence-electron chi connectivity index (χ1n) is 11.4. The molecule has 0 saturated carbocycles. The maximum Gasteiger partial charge on any atom is 0.407 e. The van der Waals surface area contributed by atoms with Gasteiger partial charge in [-0.1, -0.05) is 55.5 Å². The molecule has 176 valence electrons. The zero-order valence-corrected chi connectivity index (χ0v) is 19.4. The van der Waals surface area contributed by atoms with E-state index < -0.39 is 18.0 Å². The summed E-state index contributed by atoms with van der Waals surface area (Å²) < 4.78 is 5.56. The van der Waals surface area contributed by atoms with Gasteiger partial charge < -0.3 is 20.1 Å². The maximum absolute atomic E-state index is 12.4. The molecule has 0 bridgehead atoms. The van der Waals surface area contributed by atoms with Gasteiger partial charge in [-0.05, 0) is 42.0 Å². The number of fused-ring (bicyclic) bond motifs is 3. The summed E-state index contributed by atoms with van der Waals surface area (Å²) in [5, 5.41) is 11.8. The number of carbonyl (C=O) groups excluding carboxylic acids is 2. The summed E-state index contributed by atoms with van der Waals surface area (Å²) in [6.07, 6.45) is 1.05. The summed E-state index contributed by atoms with van der Waals surface area (Å²) in [5.41, 5.74) is 4.70. The zero-order chi connectivity index (χ0) is 24.0. The van der Waals surface area contributed by atoms with Gasteiger partial charge in [0.2, 0.25) is 5.91 Å². The summed E-state index contributed by atoms with van der Waals surface area (Å²) >= 11 is 0. The van der Waals surface area contributed by atoms with E-state index in [1.165, 1.54) is 27.2 Å². The second-order valence-electron chi connectivity index (χ2n) is 8.78. The molecule has 2 N–H and O–H groups in total. The van der Waals surface area contributed by atoms with Gasteiger partial charge in [0.05, 0.1) is 5.92 Å². The molecule has 0 radical (unpaired) electrons. The van der Waals surface area contributed by atoms with Crippen molar-refractivity contribution in [3.8, 4) is 11.1 Å². The van der Waals surface area contributed by atoms with Crippen molar-refractivity contribution in [2.24, 2.45) is 5.92 Å². The molecule has 2 unspecified atom stereocenters. The van der Waals surface area contributed by atoms with E-state index >= 15 is 0 Å². The van der Waals surface area contributed by atoms with Crippen LogP contribution in [0.2, 0.25) is 0 Å². The van der Waals surface area contributed by atoms with Crippen molar-refractivity contribution in [3.05, 3.63) is 59.7 Å². The van der Waals surface area contributed by atoms with Gasteiger partial charge in [-0.15, -0.1) is 0 Å². The van der Waals surface area contributed by atoms with E-state index in [0.29, 0.717) is 19.3 Å². The molecule has 0 saturated heterocycles. The summed E-state index contributed by atoms with van der Waals surface area (Å²) in [7, 11) is 1.61. The van der Waals surface area contributed by atoms with Crippen molar-refractivity contribution >= 4 is 18.0 Å². The Kier molecular flexibility index (Phi) is 8.09. The third-order valence-electron chi connectivity index (χ3n) is 6.13. The fraction of sp³-hybridized carbons (Fsp3) is 0.423. The first-order chi connectivity index (χ1) is 15.8. The average Bonchev–Trinajstić information content (AvgIpc) is 3.11. The minimum absolute atomic E-state index is 0.0137. The van der Waals surface area contributed by atoms with E-state index in [4.69, 9.17) is 9.84 Å². The Morgan fingerprint density at radius 1 is 1.03 bits per heavy atom. The number of ether oxygens (including phenoxy) is 1. The predicted octanol–water partition coefficient (Wildman–Crippen LogP) is 4.26. The SMILES string of the molecule is CC(CCCC(=O)N(C)CC(C)C(=O)O)NC(=O)OCC1c2ccccc2-c2ccccc21. The van der Waals surface area contributed by atoms with Crippen LogP contribution in [0.1, 0.15) is 50.2 Å². The summed E-state index contributed by atoms with van der Waals surface area (Å²) in [5.74, 6) is -1.61. The summed E-state index contributed by atoms with van der Waals surface area (Å²) in [4.78, 5) is 36.9. The van der Waals surface area contributed by atoms with Crippen LogP contribution in [0.5, 0.6) is 0 Å². The third-order valence-corrected chi connectivity index (χ3v) is 6.13. The first-order valence-corrected chi connectivity index (χ1v) is 11.4. The van der Waals surface area contributed by atoms with Gasteiger partial charge >= 0.3 is 12.1 Å². The number of rotatable bonds is 10. The van der Waals surface area contributed by atoms with Crippen LogP contribution in [0.25, 0.3) is 11.1 Å². The van der Waals surface area contributed by atoms with E-state index in [1.54, 1.807) is 14.0 Å². The lowest BCUT2D eigenvalue weighted by atomic mass is 9.98. The monoisotopic (exact) mass is 452 g/mol. The van der Waals surface area contributed by atoms with E-state index in [9.17, 15) is 14.4 Å². The quantitative estimate of drug-likeness (QED) is 0.561. The normalized spacial score (nSPS) is 14.0. The molecule has 2 aromatic carbocycles. The molecule has 7 nitrogen and oxygen atoms in total. The molecule has 0 aromatic heterocycles. The van der Waals surface area contributed by atoms with Crippen LogP contribution in [0, 0.1) is 5.92 Å². The van der Waals surface area contributed by atoms with E-state index in [1.807, 2.05) is 31.2 Å². The molecular formula is C26H32N2O5. The summed E-state index contributed by atoms with van der Waals surface area (Å²) in [6.45, 7) is 3.90. The molecule has 2 aromatic rings. The molecule has 0 heterocycles.